The van der Waals surface area contributed by atoms with Crippen LogP contribution in [0.2, 0.25) is 0 Å². The standard InChI is InChI=1S/C28H32F3N3O6S3/c1-2-34(17-18-35)16-15-22(20-41-23-11-7-4-8-12-23)32-25-14-13-24(19-26(25)42(37,38)28(29,30)31)43(39,40)33-27(36)21-9-5-3-6-10-21/h3-14,19,22,32,35H,2,15-18,20H2,1H3,(H,33,36). The number of aliphatic hydroxyl groups excluding tert-OH is 1. The molecule has 43 heavy (non-hydrogen) atoms. The van der Waals surface area contributed by atoms with E-state index in [0.717, 1.165) is 17.0 Å². The van der Waals surface area contributed by atoms with E-state index < -0.39 is 52.8 Å². The van der Waals surface area contributed by atoms with Gasteiger partial charge in [-0.2, -0.15) is 13.2 Å². The van der Waals surface area contributed by atoms with E-state index in [1.54, 1.807) is 10.8 Å². The SMILES string of the molecule is CCN(CCO)CCC(CSc1ccccc1)Nc1ccc(S(=O)(=O)NC(=O)c2ccccc2)cc1S(=O)(=O)C(F)(F)F. The molecule has 1 amide bonds. The van der Waals surface area contributed by atoms with Gasteiger partial charge in [0.15, 0.2) is 0 Å². The van der Waals surface area contributed by atoms with Crippen LogP contribution in [0.4, 0.5) is 18.9 Å². The van der Waals surface area contributed by atoms with Gasteiger partial charge in [0.2, 0.25) is 0 Å². The van der Waals surface area contributed by atoms with Crippen LogP contribution < -0.4 is 10.0 Å². The minimum Gasteiger partial charge on any atom is -0.395 e. The lowest BCUT2D eigenvalue weighted by Crippen LogP contribution is -2.34. The molecule has 0 spiro atoms. The van der Waals surface area contributed by atoms with E-state index in [9.17, 15) is 39.9 Å². The summed E-state index contributed by atoms with van der Waals surface area (Å²) in [5, 5.41) is 12.2. The van der Waals surface area contributed by atoms with Gasteiger partial charge in [-0.3, -0.25) is 4.79 Å². The second kappa shape index (κ2) is 15.1. The van der Waals surface area contributed by atoms with E-state index in [0.29, 0.717) is 37.9 Å². The van der Waals surface area contributed by atoms with Crippen molar-refractivity contribution in [1.82, 2.24) is 9.62 Å². The Balaban J connectivity index is 1.98. The molecule has 3 N–H and O–H groups in total. The van der Waals surface area contributed by atoms with Gasteiger partial charge >= 0.3 is 5.51 Å². The van der Waals surface area contributed by atoms with E-state index in [-0.39, 0.29) is 12.2 Å². The van der Waals surface area contributed by atoms with Crippen molar-refractivity contribution >= 4 is 43.2 Å². The number of halogens is 3. The van der Waals surface area contributed by atoms with Gasteiger partial charge in [-0.05, 0) is 55.4 Å². The summed E-state index contributed by atoms with van der Waals surface area (Å²) in [4.78, 5) is 13.1. The van der Waals surface area contributed by atoms with Gasteiger partial charge in [0.25, 0.3) is 25.8 Å². The van der Waals surface area contributed by atoms with Gasteiger partial charge in [0, 0.05) is 35.3 Å². The minimum absolute atomic E-state index is 0.0198. The molecule has 3 aromatic rings. The van der Waals surface area contributed by atoms with Crippen molar-refractivity contribution in [2.24, 2.45) is 0 Å². The van der Waals surface area contributed by atoms with Crippen molar-refractivity contribution in [2.45, 2.75) is 39.6 Å². The van der Waals surface area contributed by atoms with E-state index in [1.165, 1.54) is 36.0 Å². The number of benzene rings is 3. The first-order chi connectivity index (χ1) is 20.3. The topological polar surface area (TPSA) is 133 Å². The van der Waals surface area contributed by atoms with Crippen molar-refractivity contribution < 1.29 is 39.9 Å². The van der Waals surface area contributed by atoms with Gasteiger partial charge < -0.3 is 15.3 Å². The third-order valence-electron chi connectivity index (χ3n) is 6.33. The summed E-state index contributed by atoms with van der Waals surface area (Å²) in [5.41, 5.74) is -6.18. The number of nitrogens with one attached hydrogen (secondary N) is 2. The Hall–Kier alpha value is -3.11. The number of sulfonamides is 1. The summed E-state index contributed by atoms with van der Waals surface area (Å²) >= 11 is 1.41. The number of rotatable bonds is 15. The average molecular weight is 660 g/mol. The summed E-state index contributed by atoms with van der Waals surface area (Å²) in [6.07, 6.45) is 0.367. The second-order valence-electron chi connectivity index (χ2n) is 9.32. The number of thioether (sulfide) groups is 1. The Kier molecular flexibility index (Phi) is 12.0. The quantitative estimate of drug-likeness (QED) is 0.204. The van der Waals surface area contributed by atoms with Crippen molar-refractivity contribution in [1.29, 1.82) is 0 Å². The van der Waals surface area contributed by atoms with Crippen LogP contribution in [0.1, 0.15) is 23.7 Å². The van der Waals surface area contributed by atoms with E-state index in [1.807, 2.05) is 42.2 Å². The predicted molar refractivity (Wildman–Crippen MR) is 159 cm³/mol. The van der Waals surface area contributed by atoms with Crippen molar-refractivity contribution in [2.75, 3.05) is 37.3 Å². The first-order valence-electron chi connectivity index (χ1n) is 13.1. The highest BCUT2D eigenvalue weighted by Gasteiger charge is 2.48. The van der Waals surface area contributed by atoms with Crippen molar-refractivity contribution in [3.8, 4) is 0 Å². The fraction of sp³-hybridized carbons (Fsp3) is 0.321. The predicted octanol–water partition coefficient (Wildman–Crippen LogP) is 4.38. The number of anilines is 1. The van der Waals surface area contributed by atoms with Crippen LogP contribution >= 0.6 is 11.8 Å². The van der Waals surface area contributed by atoms with Crippen LogP contribution in [-0.4, -0.2) is 76.3 Å². The number of hydrogen-bond acceptors (Lipinski definition) is 9. The number of aliphatic hydroxyl groups is 1. The maximum atomic E-state index is 13.8. The number of likely N-dealkylation sites (N-methyl/N-ethyl adjacent to an activating group) is 1. The normalized spacial score (nSPS) is 13.1. The van der Waals surface area contributed by atoms with Crippen LogP contribution in [0.5, 0.6) is 0 Å². The van der Waals surface area contributed by atoms with Gasteiger partial charge in [0.1, 0.15) is 4.90 Å². The van der Waals surface area contributed by atoms with E-state index in [4.69, 9.17) is 0 Å². The maximum absolute atomic E-state index is 13.8. The second-order valence-corrected chi connectivity index (χ2v) is 14.0. The molecule has 0 bridgehead atoms. The fourth-order valence-corrected chi connectivity index (χ4v) is 7.02. The van der Waals surface area contributed by atoms with Gasteiger partial charge in [-0.15, -0.1) is 11.8 Å². The van der Waals surface area contributed by atoms with Crippen LogP contribution in [0.3, 0.4) is 0 Å². The molecule has 0 aliphatic rings. The van der Waals surface area contributed by atoms with E-state index >= 15 is 0 Å². The molecular weight excluding hydrogens is 628 g/mol. The molecule has 0 saturated carbocycles. The summed E-state index contributed by atoms with van der Waals surface area (Å²) in [5.74, 6) is -0.705. The van der Waals surface area contributed by atoms with Crippen LogP contribution in [0, 0.1) is 0 Å². The third-order valence-corrected chi connectivity index (χ3v) is 10.4. The summed E-state index contributed by atoms with van der Waals surface area (Å²) in [6.45, 7) is 3.23. The zero-order valence-corrected chi connectivity index (χ0v) is 25.6. The summed E-state index contributed by atoms with van der Waals surface area (Å²) < 4.78 is 94.3. The molecule has 1 unspecified atom stereocenters. The zero-order valence-electron chi connectivity index (χ0n) is 23.1. The molecule has 0 heterocycles. The van der Waals surface area contributed by atoms with Crippen molar-refractivity contribution in [3.05, 3.63) is 84.4 Å². The highest BCUT2D eigenvalue weighted by Crippen LogP contribution is 2.36. The maximum Gasteiger partial charge on any atom is 0.501 e. The smallest absolute Gasteiger partial charge is 0.395 e. The zero-order chi connectivity index (χ0) is 31.7. The molecule has 0 aliphatic heterocycles. The summed E-state index contributed by atoms with van der Waals surface area (Å²) in [7, 11) is -10.8. The molecular formula is C28H32F3N3O6S3. The number of sulfone groups is 1. The molecule has 0 fully saturated rings. The number of carbonyl (C=O) groups is 1. The van der Waals surface area contributed by atoms with Crippen LogP contribution in [-0.2, 0) is 19.9 Å². The Morgan fingerprint density at radius 3 is 2.16 bits per heavy atom. The number of hydrogen-bond donors (Lipinski definition) is 3. The number of alkyl halides is 3. The number of nitrogens with zero attached hydrogens (tertiary/aromatic N) is 1. The molecule has 1 atom stereocenters. The number of amides is 1. The molecule has 0 aliphatic carbocycles. The van der Waals surface area contributed by atoms with Crippen molar-refractivity contribution in [3.63, 3.8) is 0 Å². The fourth-order valence-electron chi connectivity index (χ4n) is 4.00. The van der Waals surface area contributed by atoms with Crippen LogP contribution in [0.25, 0.3) is 0 Å². The lowest BCUT2D eigenvalue weighted by molar-refractivity contribution is -0.0435. The molecule has 3 aromatic carbocycles. The van der Waals surface area contributed by atoms with Gasteiger partial charge in [-0.25, -0.2) is 21.6 Å². The molecule has 234 valence electrons. The first kappa shape index (κ1) is 34.4. The highest BCUT2D eigenvalue weighted by molar-refractivity contribution is 7.99. The monoisotopic (exact) mass is 659 g/mol. The molecule has 15 heteroatoms. The summed E-state index contributed by atoms with van der Waals surface area (Å²) in [6, 6.07) is 18.2. The van der Waals surface area contributed by atoms with Crippen LogP contribution in [0.15, 0.2) is 93.5 Å². The third kappa shape index (κ3) is 9.44. The molecule has 3 rings (SSSR count). The highest BCUT2D eigenvalue weighted by atomic mass is 32.2. The molecule has 0 radical (unpaired) electrons. The first-order valence-corrected chi connectivity index (χ1v) is 17.1. The largest absolute Gasteiger partial charge is 0.501 e. The number of carbonyl (C=O) groups excluding carboxylic acids is 1. The Labute approximate surface area is 253 Å². The average Bonchev–Trinajstić information content (AvgIpc) is 2.98. The Morgan fingerprint density at radius 1 is 0.953 bits per heavy atom. The Morgan fingerprint density at radius 2 is 1.58 bits per heavy atom. The Bertz CT molecular complexity index is 1570. The van der Waals surface area contributed by atoms with Gasteiger partial charge in [-0.1, -0.05) is 43.3 Å². The lowest BCUT2D eigenvalue weighted by Gasteiger charge is -2.26. The lowest BCUT2D eigenvalue weighted by atomic mass is 10.2. The molecule has 9 nitrogen and oxygen atoms in total. The van der Waals surface area contributed by atoms with Gasteiger partial charge in [0.05, 0.1) is 17.2 Å². The van der Waals surface area contributed by atoms with E-state index in [2.05, 4.69) is 5.32 Å². The molecule has 0 saturated heterocycles. The molecule has 0 aromatic heterocycles. The minimum atomic E-state index is -6.02.